The van der Waals surface area contributed by atoms with E-state index < -0.39 is 28.5 Å². The van der Waals surface area contributed by atoms with Crippen LogP contribution in [0.15, 0.2) is 76.5 Å². The summed E-state index contributed by atoms with van der Waals surface area (Å²) < 4.78 is 34.5. The fourth-order valence-corrected chi connectivity index (χ4v) is 6.34. The molecule has 0 bridgehead atoms. The molecule has 41 heavy (non-hydrogen) atoms. The average molecular weight is 639 g/mol. The number of nitrogens with zero attached hydrogens (tertiary/aromatic N) is 2. The van der Waals surface area contributed by atoms with Crippen molar-refractivity contribution in [1.29, 1.82) is 0 Å². The monoisotopic (exact) mass is 637 g/mol. The molecule has 3 rings (SSSR count). The first-order valence-corrected chi connectivity index (χ1v) is 16.3. The normalized spacial score (nSPS) is 12.0. The van der Waals surface area contributed by atoms with Gasteiger partial charge in [0.15, 0.2) is 0 Å². The highest BCUT2D eigenvalue weighted by Crippen LogP contribution is 2.29. The van der Waals surface area contributed by atoms with Crippen LogP contribution >= 0.6 is 35.0 Å². The largest absolute Gasteiger partial charge is 0.494 e. The number of benzene rings is 3. The molecule has 0 aromatic heterocycles. The van der Waals surface area contributed by atoms with Gasteiger partial charge < -0.3 is 15.0 Å². The van der Waals surface area contributed by atoms with Crippen molar-refractivity contribution >= 4 is 62.5 Å². The minimum absolute atomic E-state index is 0.0151. The molecule has 3 aromatic carbocycles. The zero-order valence-electron chi connectivity index (χ0n) is 23.3. The van der Waals surface area contributed by atoms with Crippen LogP contribution in [0.25, 0.3) is 0 Å². The van der Waals surface area contributed by atoms with E-state index in [-0.39, 0.29) is 23.0 Å². The summed E-state index contributed by atoms with van der Waals surface area (Å²) in [7, 11) is -2.69. The lowest BCUT2D eigenvalue weighted by molar-refractivity contribution is -0.140. The lowest BCUT2D eigenvalue weighted by atomic mass is 10.1. The molecule has 0 heterocycles. The Morgan fingerprint density at radius 2 is 1.63 bits per heavy atom. The predicted molar refractivity (Wildman–Crippen MR) is 166 cm³/mol. The highest BCUT2D eigenvalue weighted by Gasteiger charge is 2.33. The molecule has 0 aliphatic rings. The van der Waals surface area contributed by atoms with Crippen LogP contribution in [0.5, 0.6) is 5.75 Å². The van der Waals surface area contributed by atoms with Gasteiger partial charge in [-0.2, -0.15) is 0 Å². The van der Waals surface area contributed by atoms with Crippen molar-refractivity contribution in [2.24, 2.45) is 0 Å². The van der Waals surface area contributed by atoms with Gasteiger partial charge in [-0.15, -0.1) is 11.8 Å². The van der Waals surface area contributed by atoms with Gasteiger partial charge in [-0.05, 0) is 85.8 Å². The van der Waals surface area contributed by atoms with Crippen molar-refractivity contribution in [3.8, 4) is 5.75 Å². The van der Waals surface area contributed by atoms with Gasteiger partial charge in [0.05, 0.1) is 27.2 Å². The van der Waals surface area contributed by atoms with Crippen LogP contribution in [0, 0.1) is 0 Å². The Hall–Kier alpha value is -2.92. The van der Waals surface area contributed by atoms with Gasteiger partial charge in [-0.1, -0.05) is 36.2 Å². The molecule has 0 saturated carbocycles. The van der Waals surface area contributed by atoms with Crippen molar-refractivity contribution in [2.45, 2.75) is 42.6 Å². The summed E-state index contributed by atoms with van der Waals surface area (Å²) in [4.78, 5) is 29.1. The van der Waals surface area contributed by atoms with Gasteiger partial charge in [0.2, 0.25) is 11.8 Å². The molecule has 1 N–H and O–H groups in total. The maximum absolute atomic E-state index is 14.0. The van der Waals surface area contributed by atoms with Crippen LogP contribution < -0.4 is 14.4 Å². The smallest absolute Gasteiger partial charge is 0.264 e. The highest BCUT2D eigenvalue weighted by molar-refractivity contribution is 7.98. The van der Waals surface area contributed by atoms with Crippen LogP contribution in [0.3, 0.4) is 0 Å². The number of carbonyl (C=O) groups is 2. The van der Waals surface area contributed by atoms with Crippen LogP contribution in [-0.2, 0) is 26.2 Å². The Morgan fingerprint density at radius 1 is 0.976 bits per heavy atom. The number of halogens is 2. The number of thioether (sulfide) groups is 1. The molecule has 8 nitrogen and oxygen atoms in total. The molecule has 220 valence electrons. The summed E-state index contributed by atoms with van der Waals surface area (Å²) in [6.45, 7) is 3.55. The fraction of sp³-hybridized carbons (Fsp3) is 0.310. The molecule has 2 amide bonds. The van der Waals surface area contributed by atoms with Crippen molar-refractivity contribution in [1.82, 2.24) is 10.2 Å². The molecule has 0 unspecified atom stereocenters. The maximum Gasteiger partial charge on any atom is 0.264 e. The number of sulfonamides is 1. The summed E-state index contributed by atoms with van der Waals surface area (Å²) in [5.74, 6) is -0.370. The topological polar surface area (TPSA) is 96.0 Å². The number of carbonyl (C=O) groups excluding carboxylic acids is 2. The van der Waals surface area contributed by atoms with Crippen molar-refractivity contribution in [3.05, 3.63) is 82.3 Å². The van der Waals surface area contributed by atoms with E-state index in [1.807, 2.05) is 13.2 Å². The van der Waals surface area contributed by atoms with Gasteiger partial charge in [0.1, 0.15) is 18.3 Å². The molecule has 3 aromatic rings. The second kappa shape index (κ2) is 14.8. The molecule has 0 radical (unpaired) electrons. The lowest BCUT2D eigenvalue weighted by Crippen LogP contribution is -2.51. The Kier molecular flexibility index (Phi) is 11.8. The number of likely N-dealkylation sites (N-methyl/N-ethyl adjacent to an activating group) is 1. The van der Waals surface area contributed by atoms with Gasteiger partial charge in [0, 0.05) is 18.5 Å². The third-order valence-electron chi connectivity index (χ3n) is 6.33. The summed E-state index contributed by atoms with van der Waals surface area (Å²) >= 11 is 13.8. The van der Waals surface area contributed by atoms with Crippen molar-refractivity contribution < 1.29 is 22.7 Å². The van der Waals surface area contributed by atoms with E-state index in [1.165, 1.54) is 35.8 Å². The Bertz CT molecular complexity index is 1450. The fourth-order valence-electron chi connectivity index (χ4n) is 4.20. The molecule has 0 aliphatic carbocycles. The third kappa shape index (κ3) is 8.09. The van der Waals surface area contributed by atoms with Crippen LogP contribution in [-0.4, -0.2) is 57.6 Å². The number of ether oxygens (including phenoxy) is 1. The van der Waals surface area contributed by atoms with Crippen LogP contribution in [0.2, 0.25) is 10.0 Å². The first kappa shape index (κ1) is 32.6. The zero-order valence-corrected chi connectivity index (χ0v) is 26.4. The van der Waals surface area contributed by atoms with E-state index in [0.717, 1.165) is 9.20 Å². The number of hydrogen-bond acceptors (Lipinski definition) is 6. The van der Waals surface area contributed by atoms with E-state index >= 15 is 0 Å². The quantitative estimate of drug-likeness (QED) is 0.236. The number of hydrogen-bond donors (Lipinski definition) is 1. The number of nitrogens with one attached hydrogen (secondary N) is 1. The summed E-state index contributed by atoms with van der Waals surface area (Å²) in [6, 6.07) is 17.0. The SMILES string of the molecule is CCOc1ccc(N(CC(=O)N(Cc2ccc(Cl)c(Cl)c2)[C@@H](CC)C(=O)NC)S(=O)(=O)c2ccc(SC)cc2)cc1. The molecule has 0 aliphatic heterocycles. The molecule has 12 heteroatoms. The van der Waals surface area contributed by atoms with Crippen LogP contribution in [0.4, 0.5) is 5.69 Å². The van der Waals surface area contributed by atoms with Crippen molar-refractivity contribution in [3.63, 3.8) is 0 Å². The summed E-state index contributed by atoms with van der Waals surface area (Å²) in [5.41, 5.74) is 0.913. The zero-order chi connectivity index (χ0) is 30.2. The number of anilines is 1. The summed E-state index contributed by atoms with van der Waals surface area (Å²) in [5, 5.41) is 3.26. The molecule has 0 spiro atoms. The predicted octanol–water partition coefficient (Wildman–Crippen LogP) is 5.86. The van der Waals surface area contributed by atoms with Crippen molar-refractivity contribution in [2.75, 3.05) is 30.8 Å². The molecular formula is C29H33Cl2N3O5S2. The second-order valence-corrected chi connectivity index (χ2v) is 12.5. The molecular weight excluding hydrogens is 605 g/mol. The maximum atomic E-state index is 14.0. The molecule has 0 saturated heterocycles. The Balaban J connectivity index is 2.07. The van der Waals surface area contributed by atoms with E-state index in [1.54, 1.807) is 61.5 Å². The lowest BCUT2D eigenvalue weighted by Gasteiger charge is -2.33. The first-order valence-electron chi connectivity index (χ1n) is 12.9. The highest BCUT2D eigenvalue weighted by atomic mass is 35.5. The third-order valence-corrected chi connectivity index (χ3v) is 9.60. The van der Waals surface area contributed by atoms with E-state index in [0.29, 0.717) is 34.4 Å². The number of amides is 2. The first-order chi connectivity index (χ1) is 19.5. The number of rotatable bonds is 13. The Labute approximate surface area is 256 Å². The second-order valence-electron chi connectivity index (χ2n) is 8.92. The standard InChI is InChI=1S/C29H33Cl2N3O5S2/c1-5-27(29(36)32-3)33(18-20-7-16-25(30)26(31)17-20)28(35)19-34(21-8-10-22(11-9-21)39-6-2)41(37,38)24-14-12-23(40-4)13-15-24/h7-17,27H,5-6,18-19H2,1-4H3,(H,32,36)/t27-/m0/s1. The van der Waals surface area contributed by atoms with Gasteiger partial charge in [0.25, 0.3) is 10.0 Å². The Morgan fingerprint density at radius 3 is 2.17 bits per heavy atom. The van der Waals surface area contributed by atoms with Gasteiger partial charge in [-0.25, -0.2) is 8.42 Å². The average Bonchev–Trinajstić information content (AvgIpc) is 2.97. The minimum Gasteiger partial charge on any atom is -0.494 e. The van der Waals surface area contributed by atoms with Gasteiger partial charge in [-0.3, -0.25) is 13.9 Å². The molecule has 1 atom stereocenters. The minimum atomic E-state index is -4.18. The van der Waals surface area contributed by atoms with Gasteiger partial charge >= 0.3 is 0 Å². The van der Waals surface area contributed by atoms with E-state index in [4.69, 9.17) is 27.9 Å². The summed E-state index contributed by atoms with van der Waals surface area (Å²) in [6.07, 6.45) is 2.20. The van der Waals surface area contributed by atoms with Crippen LogP contribution in [0.1, 0.15) is 25.8 Å². The molecule has 0 fully saturated rings. The van der Waals surface area contributed by atoms with E-state index in [2.05, 4.69) is 5.32 Å². The van der Waals surface area contributed by atoms with E-state index in [9.17, 15) is 18.0 Å².